The van der Waals surface area contributed by atoms with Crippen LogP contribution in [0, 0.1) is 0 Å². The Labute approximate surface area is 139 Å². The number of nitrogens with zero attached hydrogens (tertiary/aromatic N) is 3. The average Bonchev–Trinajstić information content (AvgIpc) is 2.33. The van der Waals surface area contributed by atoms with Crippen LogP contribution >= 0.6 is 35.7 Å². The number of nitrogens with one attached hydrogen (secondary N) is 1. The maximum atomic E-state index is 4.40. The van der Waals surface area contributed by atoms with E-state index < -0.39 is 0 Å². The Balaban J connectivity index is 0.00000324. The molecule has 1 saturated heterocycles. The van der Waals surface area contributed by atoms with Gasteiger partial charge in [-0.2, -0.15) is 11.8 Å². The first-order valence-electron chi connectivity index (χ1n) is 6.76. The fourth-order valence-electron chi connectivity index (χ4n) is 2.05. The molecule has 1 aliphatic rings. The second-order valence-corrected chi connectivity index (χ2v) is 7.20. The first-order valence-corrected chi connectivity index (χ1v) is 7.75. The largest absolute Gasteiger partial charge is 0.355 e. The number of guanidine groups is 1. The van der Waals surface area contributed by atoms with Crippen molar-refractivity contribution in [3.05, 3.63) is 0 Å². The molecule has 0 aromatic heterocycles. The van der Waals surface area contributed by atoms with Crippen LogP contribution in [0.3, 0.4) is 0 Å². The van der Waals surface area contributed by atoms with Crippen LogP contribution in [0.2, 0.25) is 0 Å². The van der Waals surface area contributed by atoms with Gasteiger partial charge in [0.15, 0.2) is 5.96 Å². The Kier molecular flexibility index (Phi) is 9.43. The summed E-state index contributed by atoms with van der Waals surface area (Å²) in [5, 5.41) is 3.47. The van der Waals surface area contributed by atoms with E-state index in [0.717, 1.165) is 38.7 Å². The zero-order valence-corrected chi connectivity index (χ0v) is 16.0. The monoisotopic (exact) mass is 400 g/mol. The van der Waals surface area contributed by atoms with Crippen molar-refractivity contribution in [1.29, 1.82) is 0 Å². The molecule has 4 nitrogen and oxygen atoms in total. The molecule has 0 aliphatic carbocycles. The Hall–Kier alpha value is 0.310. The van der Waals surface area contributed by atoms with E-state index in [9.17, 15) is 0 Å². The van der Waals surface area contributed by atoms with E-state index in [-0.39, 0.29) is 24.0 Å². The summed E-state index contributed by atoms with van der Waals surface area (Å²) in [5.74, 6) is 2.23. The van der Waals surface area contributed by atoms with Crippen molar-refractivity contribution in [1.82, 2.24) is 15.1 Å². The van der Waals surface area contributed by atoms with Gasteiger partial charge in [0.25, 0.3) is 0 Å². The van der Waals surface area contributed by atoms with Crippen molar-refractivity contribution in [3.8, 4) is 0 Å². The summed E-state index contributed by atoms with van der Waals surface area (Å²) < 4.78 is 0.329. The van der Waals surface area contributed by atoms with Gasteiger partial charge in [-0.1, -0.05) is 6.92 Å². The van der Waals surface area contributed by atoms with Crippen LogP contribution in [0.5, 0.6) is 0 Å². The van der Waals surface area contributed by atoms with Crippen molar-refractivity contribution < 1.29 is 0 Å². The lowest BCUT2D eigenvalue weighted by Crippen LogP contribution is -2.51. The van der Waals surface area contributed by atoms with Gasteiger partial charge in [0, 0.05) is 43.7 Å². The Morgan fingerprint density at radius 2 is 2.16 bits per heavy atom. The minimum absolute atomic E-state index is 0. The normalized spacial score (nSPS) is 19.3. The van der Waals surface area contributed by atoms with E-state index in [1.165, 1.54) is 5.75 Å². The third-order valence-corrected chi connectivity index (χ3v) is 4.55. The highest BCUT2D eigenvalue weighted by Gasteiger charge is 2.28. The molecule has 0 bridgehead atoms. The van der Waals surface area contributed by atoms with Gasteiger partial charge in [0.05, 0.1) is 0 Å². The zero-order valence-electron chi connectivity index (χ0n) is 12.9. The molecule has 1 heterocycles. The van der Waals surface area contributed by atoms with Crippen molar-refractivity contribution in [2.24, 2.45) is 4.99 Å². The summed E-state index contributed by atoms with van der Waals surface area (Å²) in [6, 6.07) is 0. The maximum absolute atomic E-state index is 4.40. The van der Waals surface area contributed by atoms with Crippen LogP contribution in [-0.4, -0.2) is 73.1 Å². The lowest BCUT2D eigenvalue weighted by Gasteiger charge is -2.39. The van der Waals surface area contributed by atoms with E-state index in [0.29, 0.717) is 4.75 Å². The molecular weight excluding hydrogens is 371 g/mol. The van der Waals surface area contributed by atoms with Crippen molar-refractivity contribution in [2.45, 2.75) is 25.5 Å². The van der Waals surface area contributed by atoms with Gasteiger partial charge in [-0.05, 0) is 27.4 Å². The SMILES string of the molecule is CCN(C)CCNC(=NC)N1CCSC(C)(C)C1.I. The van der Waals surface area contributed by atoms with Gasteiger partial charge < -0.3 is 15.1 Å². The first kappa shape index (κ1) is 19.3. The van der Waals surface area contributed by atoms with Crippen LogP contribution < -0.4 is 5.32 Å². The smallest absolute Gasteiger partial charge is 0.193 e. The molecule has 0 amide bonds. The fourth-order valence-corrected chi connectivity index (χ4v) is 3.16. The molecule has 0 aromatic carbocycles. The van der Waals surface area contributed by atoms with Crippen molar-refractivity contribution >= 4 is 41.7 Å². The number of aliphatic imine (C=N–C) groups is 1. The molecule has 0 spiro atoms. The number of hydrogen-bond donors (Lipinski definition) is 1. The molecule has 0 saturated carbocycles. The summed E-state index contributed by atoms with van der Waals surface area (Å²) >= 11 is 2.05. The highest BCUT2D eigenvalue weighted by molar-refractivity contribution is 14.0. The highest BCUT2D eigenvalue weighted by atomic mass is 127. The van der Waals surface area contributed by atoms with E-state index in [4.69, 9.17) is 0 Å². The van der Waals surface area contributed by atoms with E-state index in [2.05, 4.69) is 59.7 Å². The van der Waals surface area contributed by atoms with Gasteiger partial charge >= 0.3 is 0 Å². The van der Waals surface area contributed by atoms with Crippen LogP contribution in [0.1, 0.15) is 20.8 Å². The van der Waals surface area contributed by atoms with Gasteiger partial charge in [-0.3, -0.25) is 4.99 Å². The van der Waals surface area contributed by atoms with Crippen LogP contribution in [-0.2, 0) is 0 Å². The second kappa shape index (κ2) is 9.28. The highest BCUT2D eigenvalue weighted by Crippen LogP contribution is 2.29. The van der Waals surface area contributed by atoms with E-state index >= 15 is 0 Å². The fraction of sp³-hybridized carbons (Fsp3) is 0.923. The molecule has 114 valence electrons. The van der Waals surface area contributed by atoms with Gasteiger partial charge in [0.1, 0.15) is 0 Å². The molecule has 0 aromatic rings. The minimum Gasteiger partial charge on any atom is -0.355 e. The molecule has 1 rings (SSSR count). The maximum Gasteiger partial charge on any atom is 0.193 e. The van der Waals surface area contributed by atoms with Crippen LogP contribution in [0.25, 0.3) is 0 Å². The van der Waals surface area contributed by atoms with Gasteiger partial charge in [-0.15, -0.1) is 24.0 Å². The number of rotatable bonds is 4. The lowest BCUT2D eigenvalue weighted by atomic mass is 10.2. The first-order chi connectivity index (χ1) is 8.48. The topological polar surface area (TPSA) is 30.9 Å². The molecule has 1 fully saturated rings. The number of thioether (sulfide) groups is 1. The van der Waals surface area contributed by atoms with Gasteiger partial charge in [0.2, 0.25) is 0 Å². The van der Waals surface area contributed by atoms with Crippen LogP contribution in [0.15, 0.2) is 4.99 Å². The summed E-state index contributed by atoms with van der Waals surface area (Å²) in [7, 11) is 4.02. The molecule has 1 aliphatic heterocycles. The van der Waals surface area contributed by atoms with E-state index in [1.54, 1.807) is 0 Å². The Bertz CT molecular complexity index is 284. The molecular formula is C13H29IN4S. The van der Waals surface area contributed by atoms with Crippen molar-refractivity contribution in [2.75, 3.05) is 52.6 Å². The Morgan fingerprint density at radius 3 is 2.68 bits per heavy atom. The third kappa shape index (κ3) is 7.04. The second-order valence-electron chi connectivity index (χ2n) is 5.40. The standard InChI is InChI=1S/C13H28N4S.HI/c1-6-16(5)8-7-15-12(14-4)17-9-10-18-13(2,3)11-17;/h6-11H2,1-5H3,(H,14,15);1H. The number of hydrogen-bond acceptors (Lipinski definition) is 3. The summed E-state index contributed by atoms with van der Waals surface area (Å²) in [4.78, 5) is 9.08. The van der Waals surface area contributed by atoms with Gasteiger partial charge in [-0.25, -0.2) is 0 Å². The summed E-state index contributed by atoms with van der Waals surface area (Å²) in [6.07, 6.45) is 0. The quantitative estimate of drug-likeness (QED) is 0.444. The summed E-state index contributed by atoms with van der Waals surface area (Å²) in [5.41, 5.74) is 0. The molecule has 0 radical (unpaired) electrons. The third-order valence-electron chi connectivity index (χ3n) is 3.25. The molecule has 0 atom stereocenters. The van der Waals surface area contributed by atoms with Crippen molar-refractivity contribution in [3.63, 3.8) is 0 Å². The molecule has 0 unspecified atom stereocenters. The zero-order chi connectivity index (χ0) is 13.6. The predicted molar refractivity (Wildman–Crippen MR) is 98.1 cm³/mol. The molecule has 1 N–H and O–H groups in total. The van der Waals surface area contributed by atoms with E-state index in [1.807, 2.05) is 7.05 Å². The molecule has 19 heavy (non-hydrogen) atoms. The predicted octanol–water partition coefficient (Wildman–Crippen LogP) is 1.96. The number of likely N-dealkylation sites (N-methyl/N-ethyl adjacent to an activating group) is 1. The minimum atomic E-state index is 0. The average molecular weight is 400 g/mol. The number of halogens is 1. The molecule has 6 heteroatoms. The van der Waals surface area contributed by atoms with Crippen LogP contribution in [0.4, 0.5) is 0 Å². The Morgan fingerprint density at radius 1 is 1.47 bits per heavy atom. The lowest BCUT2D eigenvalue weighted by molar-refractivity contribution is 0.345. The summed E-state index contributed by atoms with van der Waals surface area (Å²) in [6.45, 7) is 12.1.